The van der Waals surface area contributed by atoms with Crippen molar-refractivity contribution in [3.05, 3.63) is 81.8 Å². The molecule has 0 aliphatic heterocycles. The van der Waals surface area contributed by atoms with Crippen LogP contribution in [0.25, 0.3) is 11.6 Å². The maximum absolute atomic E-state index is 12.1. The SMILES string of the molecule is CCOC(=O)/C(C#N)=C(\C=C\c1ccc(Br)cc1)c1ccccc1. The van der Waals surface area contributed by atoms with E-state index in [-0.39, 0.29) is 12.2 Å². The van der Waals surface area contributed by atoms with Gasteiger partial charge in [-0.2, -0.15) is 5.26 Å². The summed E-state index contributed by atoms with van der Waals surface area (Å²) in [7, 11) is 0. The molecule has 0 aliphatic rings. The van der Waals surface area contributed by atoms with Crippen molar-refractivity contribution in [2.45, 2.75) is 6.92 Å². The second-order valence-corrected chi connectivity index (χ2v) is 5.79. The number of nitriles is 1. The minimum Gasteiger partial charge on any atom is -0.462 e. The van der Waals surface area contributed by atoms with Gasteiger partial charge >= 0.3 is 5.97 Å². The Balaban J connectivity index is 2.49. The molecule has 0 bridgehead atoms. The van der Waals surface area contributed by atoms with Gasteiger partial charge in [-0.25, -0.2) is 4.79 Å². The Morgan fingerprint density at radius 2 is 1.83 bits per heavy atom. The van der Waals surface area contributed by atoms with Gasteiger partial charge in [-0.05, 0) is 30.2 Å². The van der Waals surface area contributed by atoms with E-state index in [1.165, 1.54) is 0 Å². The molecule has 0 unspecified atom stereocenters. The Morgan fingerprint density at radius 1 is 1.17 bits per heavy atom. The van der Waals surface area contributed by atoms with E-state index in [0.717, 1.165) is 15.6 Å². The number of hydrogen-bond donors (Lipinski definition) is 0. The van der Waals surface area contributed by atoms with E-state index in [1.54, 1.807) is 13.0 Å². The number of hydrogen-bond acceptors (Lipinski definition) is 3. The Bertz CT molecular complexity index is 800. The highest BCUT2D eigenvalue weighted by Gasteiger charge is 2.16. The monoisotopic (exact) mass is 381 g/mol. The van der Waals surface area contributed by atoms with E-state index in [1.807, 2.05) is 66.7 Å². The summed E-state index contributed by atoms with van der Waals surface area (Å²) in [6.07, 6.45) is 3.64. The van der Waals surface area contributed by atoms with E-state index in [9.17, 15) is 10.1 Å². The third-order valence-corrected chi connectivity index (χ3v) is 3.79. The predicted molar refractivity (Wildman–Crippen MR) is 98.8 cm³/mol. The Kier molecular flexibility index (Phi) is 6.53. The molecule has 0 N–H and O–H groups in total. The Hall–Kier alpha value is -2.64. The van der Waals surface area contributed by atoms with E-state index in [2.05, 4.69) is 15.9 Å². The van der Waals surface area contributed by atoms with Crippen LogP contribution in [0.1, 0.15) is 18.1 Å². The van der Waals surface area contributed by atoms with Crippen molar-refractivity contribution in [2.24, 2.45) is 0 Å². The molecule has 120 valence electrons. The lowest BCUT2D eigenvalue weighted by molar-refractivity contribution is -0.137. The summed E-state index contributed by atoms with van der Waals surface area (Å²) in [5, 5.41) is 9.44. The number of carbonyl (C=O) groups is 1. The fourth-order valence-electron chi connectivity index (χ4n) is 2.11. The summed E-state index contributed by atoms with van der Waals surface area (Å²) >= 11 is 3.40. The van der Waals surface area contributed by atoms with Gasteiger partial charge in [-0.3, -0.25) is 0 Å². The maximum atomic E-state index is 12.1. The molecule has 0 amide bonds. The highest BCUT2D eigenvalue weighted by atomic mass is 79.9. The van der Waals surface area contributed by atoms with Crippen molar-refractivity contribution in [2.75, 3.05) is 6.61 Å². The number of halogens is 1. The average Bonchev–Trinajstić information content (AvgIpc) is 2.61. The molecule has 2 aromatic rings. The topological polar surface area (TPSA) is 50.1 Å². The predicted octanol–water partition coefficient (Wildman–Crippen LogP) is 5.00. The Labute approximate surface area is 150 Å². The molecule has 0 atom stereocenters. The number of nitrogens with zero attached hydrogens (tertiary/aromatic N) is 1. The summed E-state index contributed by atoms with van der Waals surface area (Å²) in [5.74, 6) is -0.612. The van der Waals surface area contributed by atoms with Gasteiger partial charge in [0.2, 0.25) is 0 Å². The third-order valence-electron chi connectivity index (χ3n) is 3.26. The second-order valence-electron chi connectivity index (χ2n) is 4.87. The van der Waals surface area contributed by atoms with Crippen LogP contribution in [0.2, 0.25) is 0 Å². The van der Waals surface area contributed by atoms with E-state index in [0.29, 0.717) is 5.57 Å². The number of benzene rings is 2. The molecule has 0 aromatic heterocycles. The summed E-state index contributed by atoms with van der Waals surface area (Å²) in [6.45, 7) is 1.94. The van der Waals surface area contributed by atoms with E-state index in [4.69, 9.17) is 4.74 Å². The maximum Gasteiger partial charge on any atom is 0.349 e. The molecule has 0 heterocycles. The fraction of sp³-hybridized carbons (Fsp3) is 0.100. The van der Waals surface area contributed by atoms with Crippen LogP contribution in [-0.4, -0.2) is 12.6 Å². The summed E-state index contributed by atoms with van der Waals surface area (Å²) in [5.41, 5.74) is 2.29. The molecular weight excluding hydrogens is 366 g/mol. The van der Waals surface area contributed by atoms with Crippen molar-refractivity contribution in [1.29, 1.82) is 5.26 Å². The summed E-state index contributed by atoms with van der Waals surface area (Å²) in [4.78, 5) is 12.1. The van der Waals surface area contributed by atoms with E-state index >= 15 is 0 Å². The highest BCUT2D eigenvalue weighted by Crippen LogP contribution is 2.23. The lowest BCUT2D eigenvalue weighted by Crippen LogP contribution is -2.08. The molecular formula is C20H16BrNO2. The van der Waals surface area contributed by atoms with Gasteiger partial charge in [0.25, 0.3) is 0 Å². The zero-order valence-electron chi connectivity index (χ0n) is 13.2. The van der Waals surface area contributed by atoms with Crippen LogP contribution >= 0.6 is 15.9 Å². The lowest BCUT2D eigenvalue weighted by atomic mass is 9.99. The minimum absolute atomic E-state index is 0.00332. The normalized spacial score (nSPS) is 11.7. The first-order chi connectivity index (χ1) is 11.7. The quantitative estimate of drug-likeness (QED) is 0.316. The minimum atomic E-state index is -0.612. The third kappa shape index (κ3) is 4.68. The van der Waals surface area contributed by atoms with Crippen LogP contribution in [0.4, 0.5) is 0 Å². The van der Waals surface area contributed by atoms with Crippen LogP contribution < -0.4 is 0 Å². The second kappa shape index (κ2) is 8.85. The standard InChI is InChI=1S/C20H16BrNO2/c1-2-24-20(23)19(14-22)18(16-6-4-3-5-7-16)13-10-15-8-11-17(21)12-9-15/h3-13H,2H2,1H3/b13-10+,19-18+. The van der Waals surface area contributed by atoms with Crippen molar-refractivity contribution in [3.8, 4) is 6.07 Å². The van der Waals surface area contributed by atoms with Crippen molar-refractivity contribution >= 4 is 33.5 Å². The molecule has 0 saturated heterocycles. The largest absolute Gasteiger partial charge is 0.462 e. The van der Waals surface area contributed by atoms with Gasteiger partial charge in [-0.1, -0.05) is 70.5 Å². The van der Waals surface area contributed by atoms with Gasteiger partial charge in [0, 0.05) is 10.0 Å². The first kappa shape index (κ1) is 17.7. The summed E-state index contributed by atoms with van der Waals surface area (Å²) < 4.78 is 5.99. The van der Waals surface area contributed by atoms with Crippen LogP contribution in [-0.2, 0) is 9.53 Å². The molecule has 0 saturated carbocycles. The molecule has 3 nitrogen and oxygen atoms in total. The first-order valence-electron chi connectivity index (χ1n) is 7.46. The highest BCUT2D eigenvalue weighted by molar-refractivity contribution is 9.10. The van der Waals surface area contributed by atoms with Gasteiger partial charge in [0.1, 0.15) is 11.6 Å². The van der Waals surface area contributed by atoms with Crippen LogP contribution in [0.15, 0.2) is 70.7 Å². The van der Waals surface area contributed by atoms with Crippen LogP contribution in [0.3, 0.4) is 0 Å². The zero-order chi connectivity index (χ0) is 17.4. The smallest absolute Gasteiger partial charge is 0.349 e. The molecule has 4 heteroatoms. The van der Waals surface area contributed by atoms with E-state index < -0.39 is 5.97 Å². The number of ether oxygens (including phenoxy) is 1. The molecule has 0 radical (unpaired) electrons. The molecule has 0 aliphatic carbocycles. The van der Waals surface area contributed by atoms with Gasteiger partial charge < -0.3 is 4.74 Å². The molecule has 24 heavy (non-hydrogen) atoms. The number of allylic oxidation sites excluding steroid dienone is 2. The zero-order valence-corrected chi connectivity index (χ0v) is 14.8. The molecule has 2 rings (SSSR count). The number of esters is 1. The lowest BCUT2D eigenvalue weighted by Gasteiger charge is -2.07. The van der Waals surface area contributed by atoms with Crippen molar-refractivity contribution in [3.63, 3.8) is 0 Å². The number of carbonyl (C=O) groups excluding carboxylic acids is 1. The van der Waals surface area contributed by atoms with Crippen LogP contribution in [0, 0.1) is 11.3 Å². The van der Waals surface area contributed by atoms with Crippen molar-refractivity contribution < 1.29 is 9.53 Å². The fourth-order valence-corrected chi connectivity index (χ4v) is 2.38. The van der Waals surface area contributed by atoms with Crippen molar-refractivity contribution in [1.82, 2.24) is 0 Å². The molecule has 0 fully saturated rings. The first-order valence-corrected chi connectivity index (χ1v) is 8.25. The van der Waals surface area contributed by atoms with Gasteiger partial charge in [0.05, 0.1) is 6.61 Å². The molecule has 0 spiro atoms. The van der Waals surface area contributed by atoms with Gasteiger partial charge in [-0.15, -0.1) is 0 Å². The average molecular weight is 382 g/mol. The van der Waals surface area contributed by atoms with Gasteiger partial charge in [0.15, 0.2) is 0 Å². The molecule has 2 aromatic carbocycles. The number of rotatable bonds is 5. The summed E-state index contributed by atoms with van der Waals surface area (Å²) in [6, 6.07) is 19.1. The Morgan fingerprint density at radius 3 is 2.42 bits per heavy atom. The van der Waals surface area contributed by atoms with Crippen LogP contribution in [0.5, 0.6) is 0 Å².